The smallest absolute Gasteiger partial charge is 0.227 e. The predicted octanol–water partition coefficient (Wildman–Crippen LogP) is 1.44. The van der Waals surface area contributed by atoms with Crippen molar-refractivity contribution in [2.75, 3.05) is 26.7 Å². The molecule has 0 radical (unpaired) electrons. The third-order valence-corrected chi connectivity index (χ3v) is 3.98. The fourth-order valence-electron chi connectivity index (χ4n) is 2.41. The van der Waals surface area contributed by atoms with Gasteiger partial charge in [-0.2, -0.15) is 0 Å². The van der Waals surface area contributed by atoms with E-state index < -0.39 is 0 Å². The lowest BCUT2D eigenvalue weighted by atomic mass is 9.92. The number of likely N-dealkylation sites (tertiary alicyclic amines) is 1. The minimum Gasteiger partial charge on any atom is -0.346 e. The van der Waals surface area contributed by atoms with Crippen molar-refractivity contribution in [3.05, 3.63) is 0 Å². The average Bonchev–Trinajstić information content (AvgIpc) is 2.54. The Kier molecular flexibility index (Phi) is 4.14. The van der Waals surface area contributed by atoms with Gasteiger partial charge in [0.05, 0.1) is 5.92 Å². The first kappa shape index (κ1) is 12.5. The molecule has 1 aliphatic rings. The lowest BCUT2D eigenvalue weighted by Gasteiger charge is -2.22. The molecule has 1 heterocycles. The van der Waals surface area contributed by atoms with Crippen molar-refractivity contribution in [3.63, 3.8) is 0 Å². The van der Waals surface area contributed by atoms with Gasteiger partial charge in [0.1, 0.15) is 0 Å². The molecule has 3 atom stereocenters. The van der Waals surface area contributed by atoms with Crippen molar-refractivity contribution < 1.29 is 4.79 Å². The van der Waals surface area contributed by atoms with Gasteiger partial charge < -0.3 is 4.90 Å². The standard InChI is InChI=1S/C12H24N2O/c1-6-13(5)12(15)11-8-14(7-2)10(4)9(11)3/h9-11H,6-8H2,1-5H3. The molecule has 15 heavy (non-hydrogen) atoms. The second kappa shape index (κ2) is 4.97. The second-order valence-corrected chi connectivity index (χ2v) is 4.65. The molecule has 0 spiro atoms. The van der Waals surface area contributed by atoms with E-state index in [-0.39, 0.29) is 5.92 Å². The van der Waals surface area contributed by atoms with E-state index in [2.05, 4.69) is 25.7 Å². The van der Waals surface area contributed by atoms with Crippen LogP contribution in [0.2, 0.25) is 0 Å². The van der Waals surface area contributed by atoms with Gasteiger partial charge in [-0.1, -0.05) is 13.8 Å². The molecule has 3 nitrogen and oxygen atoms in total. The molecule has 1 saturated heterocycles. The molecule has 1 rings (SSSR count). The molecule has 0 N–H and O–H groups in total. The Labute approximate surface area is 93.4 Å². The van der Waals surface area contributed by atoms with Gasteiger partial charge in [0.2, 0.25) is 5.91 Å². The summed E-state index contributed by atoms with van der Waals surface area (Å²) in [6.45, 7) is 11.4. The fourth-order valence-corrected chi connectivity index (χ4v) is 2.41. The molecule has 0 saturated carbocycles. The lowest BCUT2D eigenvalue weighted by molar-refractivity contribution is -0.134. The summed E-state index contributed by atoms with van der Waals surface area (Å²) in [5.41, 5.74) is 0. The molecule has 0 aromatic rings. The van der Waals surface area contributed by atoms with Crippen LogP contribution in [0.15, 0.2) is 0 Å². The van der Waals surface area contributed by atoms with E-state index >= 15 is 0 Å². The van der Waals surface area contributed by atoms with E-state index in [1.54, 1.807) is 0 Å². The van der Waals surface area contributed by atoms with Gasteiger partial charge in [0.25, 0.3) is 0 Å². The minimum atomic E-state index is 0.199. The highest BCUT2D eigenvalue weighted by Crippen LogP contribution is 2.30. The number of nitrogens with zero attached hydrogens (tertiary/aromatic N) is 2. The molecule has 88 valence electrons. The fraction of sp³-hybridized carbons (Fsp3) is 0.917. The largest absolute Gasteiger partial charge is 0.346 e. The normalized spacial score (nSPS) is 31.9. The van der Waals surface area contributed by atoms with E-state index in [4.69, 9.17) is 0 Å². The Hall–Kier alpha value is -0.570. The third-order valence-electron chi connectivity index (χ3n) is 3.98. The van der Waals surface area contributed by atoms with Gasteiger partial charge in [-0.25, -0.2) is 0 Å². The van der Waals surface area contributed by atoms with Crippen molar-refractivity contribution in [2.24, 2.45) is 11.8 Å². The van der Waals surface area contributed by atoms with E-state index in [1.807, 2.05) is 18.9 Å². The van der Waals surface area contributed by atoms with E-state index in [0.29, 0.717) is 17.9 Å². The summed E-state index contributed by atoms with van der Waals surface area (Å²) >= 11 is 0. The molecule has 0 aliphatic carbocycles. The Morgan fingerprint density at radius 3 is 2.40 bits per heavy atom. The van der Waals surface area contributed by atoms with Crippen molar-refractivity contribution in [1.29, 1.82) is 0 Å². The van der Waals surface area contributed by atoms with Crippen molar-refractivity contribution in [3.8, 4) is 0 Å². The summed E-state index contributed by atoms with van der Waals surface area (Å²) in [5.74, 6) is 0.990. The summed E-state index contributed by atoms with van der Waals surface area (Å²) in [4.78, 5) is 16.3. The summed E-state index contributed by atoms with van der Waals surface area (Å²) < 4.78 is 0. The number of hydrogen-bond acceptors (Lipinski definition) is 2. The molecule has 0 bridgehead atoms. The summed E-state index contributed by atoms with van der Waals surface area (Å²) in [5, 5.41) is 0. The zero-order chi connectivity index (χ0) is 11.6. The summed E-state index contributed by atoms with van der Waals surface area (Å²) in [7, 11) is 1.90. The van der Waals surface area contributed by atoms with Crippen molar-refractivity contribution in [1.82, 2.24) is 9.80 Å². The van der Waals surface area contributed by atoms with Gasteiger partial charge in [-0.15, -0.1) is 0 Å². The highest BCUT2D eigenvalue weighted by atomic mass is 16.2. The molecule has 0 aromatic carbocycles. The van der Waals surface area contributed by atoms with Crippen LogP contribution in [0.4, 0.5) is 0 Å². The summed E-state index contributed by atoms with van der Waals surface area (Å²) in [6, 6.07) is 0.536. The number of carbonyl (C=O) groups is 1. The van der Waals surface area contributed by atoms with Crippen LogP contribution in [0, 0.1) is 11.8 Å². The van der Waals surface area contributed by atoms with Crippen LogP contribution in [0.25, 0.3) is 0 Å². The van der Waals surface area contributed by atoms with Crippen LogP contribution in [0.3, 0.4) is 0 Å². The van der Waals surface area contributed by atoms with E-state index in [9.17, 15) is 4.79 Å². The first-order valence-corrected chi connectivity index (χ1v) is 6.01. The van der Waals surface area contributed by atoms with Gasteiger partial charge in [0, 0.05) is 26.2 Å². The Balaban J connectivity index is 2.68. The highest BCUT2D eigenvalue weighted by molar-refractivity contribution is 5.79. The van der Waals surface area contributed by atoms with E-state index in [1.165, 1.54) is 0 Å². The van der Waals surface area contributed by atoms with Crippen molar-refractivity contribution >= 4 is 5.91 Å². The molecular weight excluding hydrogens is 188 g/mol. The van der Waals surface area contributed by atoms with Crippen LogP contribution in [-0.4, -0.2) is 48.4 Å². The number of amides is 1. The first-order valence-electron chi connectivity index (χ1n) is 6.01. The van der Waals surface area contributed by atoms with Gasteiger partial charge in [0.15, 0.2) is 0 Å². The van der Waals surface area contributed by atoms with Gasteiger partial charge in [-0.05, 0) is 26.3 Å². The SMILES string of the molecule is CCN(C)C(=O)C1CN(CC)C(C)C1C. The van der Waals surface area contributed by atoms with Gasteiger partial charge in [-0.3, -0.25) is 9.69 Å². The third kappa shape index (κ3) is 2.33. The zero-order valence-electron chi connectivity index (χ0n) is 10.7. The molecule has 1 fully saturated rings. The molecule has 3 unspecified atom stereocenters. The Bertz CT molecular complexity index is 230. The van der Waals surface area contributed by atoms with Crippen LogP contribution in [0.1, 0.15) is 27.7 Å². The molecule has 3 heteroatoms. The summed E-state index contributed by atoms with van der Waals surface area (Å²) in [6.07, 6.45) is 0. The second-order valence-electron chi connectivity index (χ2n) is 4.65. The van der Waals surface area contributed by atoms with Crippen LogP contribution in [0.5, 0.6) is 0 Å². The van der Waals surface area contributed by atoms with Gasteiger partial charge >= 0.3 is 0 Å². The van der Waals surface area contributed by atoms with E-state index in [0.717, 1.165) is 19.6 Å². The number of hydrogen-bond donors (Lipinski definition) is 0. The van der Waals surface area contributed by atoms with Crippen molar-refractivity contribution in [2.45, 2.75) is 33.7 Å². The van der Waals surface area contributed by atoms with Crippen LogP contribution >= 0.6 is 0 Å². The highest BCUT2D eigenvalue weighted by Gasteiger charge is 2.40. The maximum atomic E-state index is 12.1. The topological polar surface area (TPSA) is 23.6 Å². The lowest BCUT2D eigenvalue weighted by Crippen LogP contribution is -2.36. The monoisotopic (exact) mass is 212 g/mol. The predicted molar refractivity (Wildman–Crippen MR) is 62.7 cm³/mol. The maximum absolute atomic E-state index is 12.1. The number of carbonyl (C=O) groups excluding carboxylic acids is 1. The Morgan fingerprint density at radius 1 is 1.40 bits per heavy atom. The maximum Gasteiger partial charge on any atom is 0.227 e. The molecule has 1 aliphatic heterocycles. The molecular formula is C12H24N2O. The first-order chi connectivity index (χ1) is 7.02. The molecule has 0 aromatic heterocycles. The molecule has 1 amide bonds. The minimum absolute atomic E-state index is 0.199. The van der Waals surface area contributed by atoms with Crippen LogP contribution in [-0.2, 0) is 4.79 Å². The quantitative estimate of drug-likeness (QED) is 0.707. The zero-order valence-corrected chi connectivity index (χ0v) is 10.7. The van der Waals surface area contributed by atoms with Crippen LogP contribution < -0.4 is 0 Å². The average molecular weight is 212 g/mol. The Morgan fingerprint density at radius 2 is 2.00 bits per heavy atom. The number of rotatable bonds is 3.